The van der Waals surface area contributed by atoms with Crippen LogP contribution in [0.25, 0.3) is 0 Å². The number of aliphatic hydroxyl groups is 2. The van der Waals surface area contributed by atoms with Gasteiger partial charge in [0.1, 0.15) is 0 Å². The van der Waals surface area contributed by atoms with Crippen LogP contribution in [-0.2, 0) is 0 Å². The van der Waals surface area contributed by atoms with Crippen LogP contribution >= 0.6 is 0 Å². The van der Waals surface area contributed by atoms with Crippen LogP contribution in [0, 0.1) is 0 Å². The van der Waals surface area contributed by atoms with E-state index >= 15 is 0 Å². The van der Waals surface area contributed by atoms with Gasteiger partial charge in [-0.25, -0.2) is 0 Å². The zero-order valence-corrected chi connectivity index (χ0v) is 14.7. The van der Waals surface area contributed by atoms with Crippen LogP contribution in [0.5, 0.6) is 0 Å². The molecule has 0 aromatic heterocycles. The minimum Gasteiger partial charge on any atom is -0.390 e. The zero-order chi connectivity index (χ0) is 16.6. The normalized spacial score (nSPS) is 15.7. The summed E-state index contributed by atoms with van der Waals surface area (Å²) < 4.78 is 0. The molecule has 4 nitrogen and oxygen atoms in total. The molecule has 0 saturated carbocycles. The second-order valence-electron chi connectivity index (χ2n) is 6.64. The Morgan fingerprint density at radius 1 is 0.727 bits per heavy atom. The molecule has 4 heteroatoms. The van der Waals surface area contributed by atoms with E-state index in [1.54, 1.807) is 0 Å². The maximum Gasteiger partial charge on any atom is 0.0961 e. The molecule has 0 fully saturated rings. The number of nitrogens with two attached hydrogens (primary N) is 2. The first-order chi connectivity index (χ1) is 10.6. The van der Waals surface area contributed by atoms with Crippen molar-refractivity contribution in [2.24, 2.45) is 11.5 Å². The fourth-order valence-corrected chi connectivity index (χ4v) is 2.79. The predicted molar refractivity (Wildman–Crippen MR) is 94.7 cm³/mol. The maximum absolute atomic E-state index is 9.80. The summed E-state index contributed by atoms with van der Waals surface area (Å²) in [6.45, 7) is 2.46. The number of rotatable bonds is 16. The van der Waals surface area contributed by atoms with Crippen LogP contribution in [0.2, 0.25) is 0 Å². The molecule has 22 heavy (non-hydrogen) atoms. The van der Waals surface area contributed by atoms with E-state index in [-0.39, 0.29) is 6.54 Å². The molecule has 6 N–H and O–H groups in total. The van der Waals surface area contributed by atoms with Gasteiger partial charge in [0.15, 0.2) is 0 Å². The van der Waals surface area contributed by atoms with Crippen LogP contribution in [0.15, 0.2) is 0 Å². The molecule has 0 saturated heterocycles. The lowest BCUT2D eigenvalue weighted by molar-refractivity contribution is 0.0000425. The molecular formula is C18H40N2O2. The topological polar surface area (TPSA) is 92.5 Å². The van der Waals surface area contributed by atoms with E-state index in [1.165, 1.54) is 64.2 Å². The molecule has 0 bridgehead atoms. The molecule has 0 aromatic rings. The molecule has 0 aliphatic heterocycles. The van der Waals surface area contributed by atoms with Gasteiger partial charge in [-0.2, -0.15) is 0 Å². The molecular weight excluding hydrogens is 276 g/mol. The molecule has 0 spiro atoms. The number of unbranched alkanes of at least 4 members (excludes halogenated alkanes) is 11. The molecule has 0 aromatic carbocycles. The van der Waals surface area contributed by atoms with Crippen LogP contribution in [0.1, 0.15) is 90.4 Å². The molecule has 0 heterocycles. The Hall–Kier alpha value is -0.160. The fourth-order valence-electron chi connectivity index (χ4n) is 2.79. The highest BCUT2D eigenvalue weighted by atomic mass is 16.3. The standard InChI is InChI=1S/C18H40N2O2/c1-2-3-4-5-6-7-8-9-10-11-12-13-14-17(21)18(22)16(20)15-19/h16-18,21-22H,2-15,19-20H2,1H3/t16-,17+,18-/m0/s1. The Bertz CT molecular complexity index is 227. The average molecular weight is 317 g/mol. The van der Waals surface area contributed by atoms with Crippen LogP contribution in [0.4, 0.5) is 0 Å². The number of hydrogen-bond acceptors (Lipinski definition) is 4. The van der Waals surface area contributed by atoms with Crippen molar-refractivity contribution in [3.05, 3.63) is 0 Å². The van der Waals surface area contributed by atoms with Gasteiger partial charge in [-0.1, -0.05) is 84.0 Å². The minimum absolute atomic E-state index is 0.205. The summed E-state index contributed by atoms with van der Waals surface area (Å²) in [6, 6.07) is -0.521. The molecule has 0 amide bonds. The molecule has 0 rings (SSSR count). The van der Waals surface area contributed by atoms with Crippen molar-refractivity contribution >= 4 is 0 Å². The molecule has 134 valence electrons. The third kappa shape index (κ3) is 12.4. The van der Waals surface area contributed by atoms with Gasteiger partial charge in [0.05, 0.1) is 12.2 Å². The van der Waals surface area contributed by atoms with Crippen molar-refractivity contribution in [2.75, 3.05) is 6.54 Å². The Kier molecular flexibility index (Phi) is 15.6. The second kappa shape index (κ2) is 15.7. The number of aliphatic hydroxyl groups excluding tert-OH is 2. The van der Waals surface area contributed by atoms with E-state index in [0.29, 0.717) is 6.42 Å². The van der Waals surface area contributed by atoms with Crippen LogP contribution < -0.4 is 11.5 Å². The Morgan fingerprint density at radius 2 is 1.14 bits per heavy atom. The molecule has 0 unspecified atom stereocenters. The van der Waals surface area contributed by atoms with Gasteiger partial charge in [-0.15, -0.1) is 0 Å². The van der Waals surface area contributed by atoms with E-state index in [9.17, 15) is 10.2 Å². The van der Waals surface area contributed by atoms with Crippen molar-refractivity contribution in [3.8, 4) is 0 Å². The summed E-state index contributed by atoms with van der Waals surface area (Å²) >= 11 is 0. The van der Waals surface area contributed by atoms with E-state index in [2.05, 4.69) is 6.92 Å². The second-order valence-corrected chi connectivity index (χ2v) is 6.64. The van der Waals surface area contributed by atoms with Crippen molar-refractivity contribution in [2.45, 2.75) is 109 Å². The molecule has 3 atom stereocenters. The van der Waals surface area contributed by atoms with Crippen molar-refractivity contribution in [1.82, 2.24) is 0 Å². The molecule has 0 aliphatic rings. The Morgan fingerprint density at radius 3 is 1.55 bits per heavy atom. The third-order valence-corrected chi connectivity index (χ3v) is 4.46. The van der Waals surface area contributed by atoms with Gasteiger partial charge in [0.25, 0.3) is 0 Å². The SMILES string of the molecule is CCCCCCCCCCCCCC[C@@H](O)[C@@H](O)[C@@H](N)CN. The molecule has 0 aliphatic carbocycles. The summed E-state index contributed by atoms with van der Waals surface area (Å²) in [6.07, 6.45) is 14.6. The lowest BCUT2D eigenvalue weighted by atomic mass is 9.99. The smallest absolute Gasteiger partial charge is 0.0961 e. The zero-order valence-electron chi connectivity index (χ0n) is 14.7. The van der Waals surface area contributed by atoms with E-state index < -0.39 is 18.2 Å². The first-order valence-corrected chi connectivity index (χ1v) is 9.45. The van der Waals surface area contributed by atoms with Crippen molar-refractivity contribution < 1.29 is 10.2 Å². The minimum atomic E-state index is -0.891. The largest absolute Gasteiger partial charge is 0.390 e. The van der Waals surface area contributed by atoms with Gasteiger partial charge < -0.3 is 21.7 Å². The van der Waals surface area contributed by atoms with Gasteiger partial charge in [-0.05, 0) is 6.42 Å². The van der Waals surface area contributed by atoms with E-state index in [4.69, 9.17) is 11.5 Å². The summed E-state index contributed by atoms with van der Waals surface area (Å²) in [5, 5.41) is 19.5. The lowest BCUT2D eigenvalue weighted by Crippen LogP contribution is -2.47. The first-order valence-electron chi connectivity index (χ1n) is 9.45. The highest BCUT2D eigenvalue weighted by molar-refractivity contribution is 4.79. The average Bonchev–Trinajstić information content (AvgIpc) is 2.54. The van der Waals surface area contributed by atoms with Gasteiger partial charge in [0, 0.05) is 12.6 Å². The predicted octanol–water partition coefficient (Wildman–Crippen LogP) is 3.09. The van der Waals surface area contributed by atoms with Crippen LogP contribution in [-0.4, -0.2) is 35.0 Å². The maximum atomic E-state index is 9.80. The highest BCUT2D eigenvalue weighted by Crippen LogP contribution is 2.14. The lowest BCUT2D eigenvalue weighted by Gasteiger charge is -2.22. The van der Waals surface area contributed by atoms with E-state index in [1.807, 2.05) is 0 Å². The quantitative estimate of drug-likeness (QED) is 0.329. The van der Waals surface area contributed by atoms with Crippen molar-refractivity contribution in [1.29, 1.82) is 0 Å². The Balaban J connectivity index is 3.26. The van der Waals surface area contributed by atoms with Gasteiger partial charge in [0.2, 0.25) is 0 Å². The third-order valence-electron chi connectivity index (χ3n) is 4.46. The Labute approximate surface area is 137 Å². The van der Waals surface area contributed by atoms with Gasteiger partial charge in [-0.3, -0.25) is 0 Å². The highest BCUT2D eigenvalue weighted by Gasteiger charge is 2.21. The van der Waals surface area contributed by atoms with Gasteiger partial charge >= 0.3 is 0 Å². The fraction of sp³-hybridized carbons (Fsp3) is 1.00. The van der Waals surface area contributed by atoms with Crippen LogP contribution in [0.3, 0.4) is 0 Å². The summed E-state index contributed by atoms with van der Waals surface area (Å²) in [5.74, 6) is 0. The molecule has 0 radical (unpaired) electrons. The number of hydrogen-bond donors (Lipinski definition) is 4. The summed E-state index contributed by atoms with van der Waals surface area (Å²) in [4.78, 5) is 0. The summed E-state index contributed by atoms with van der Waals surface area (Å²) in [5.41, 5.74) is 11.0. The van der Waals surface area contributed by atoms with Crippen molar-refractivity contribution in [3.63, 3.8) is 0 Å². The summed E-state index contributed by atoms with van der Waals surface area (Å²) in [7, 11) is 0. The first kappa shape index (κ1) is 21.8. The monoisotopic (exact) mass is 316 g/mol. The van der Waals surface area contributed by atoms with E-state index in [0.717, 1.165) is 12.8 Å².